The minimum Gasteiger partial charge on any atom is -0.357 e. The normalized spacial score (nSPS) is 16.1. The van der Waals surface area contributed by atoms with Gasteiger partial charge in [0.1, 0.15) is 6.04 Å². The van der Waals surface area contributed by atoms with Gasteiger partial charge in [-0.3, -0.25) is 9.59 Å². The molecule has 2 aromatic carbocycles. The first kappa shape index (κ1) is 23.8. The van der Waals surface area contributed by atoms with Crippen LogP contribution in [0.3, 0.4) is 0 Å². The number of amides is 2. The van der Waals surface area contributed by atoms with Crippen LogP contribution in [0.4, 0.5) is 8.78 Å². The van der Waals surface area contributed by atoms with Crippen molar-refractivity contribution in [1.82, 2.24) is 14.9 Å². The fraction of sp³-hybridized carbons (Fsp3) is 0.364. The Morgan fingerprint density at radius 2 is 1.66 bits per heavy atom. The van der Waals surface area contributed by atoms with Gasteiger partial charge in [-0.2, -0.15) is 4.31 Å². The van der Waals surface area contributed by atoms with E-state index in [4.69, 9.17) is 0 Å². The van der Waals surface area contributed by atoms with Crippen molar-refractivity contribution in [2.24, 2.45) is 0 Å². The molecule has 0 radical (unpaired) electrons. The zero-order valence-electron chi connectivity index (χ0n) is 17.6. The zero-order valence-corrected chi connectivity index (χ0v) is 18.4. The molecule has 172 valence electrons. The summed E-state index contributed by atoms with van der Waals surface area (Å²) in [6, 6.07) is 7.13. The van der Waals surface area contributed by atoms with Gasteiger partial charge in [-0.1, -0.05) is 25.0 Å². The summed E-state index contributed by atoms with van der Waals surface area (Å²) in [6.07, 6.45) is 3.50. The first-order valence-corrected chi connectivity index (χ1v) is 11.8. The van der Waals surface area contributed by atoms with Crippen molar-refractivity contribution < 1.29 is 26.8 Å². The number of benzene rings is 2. The molecule has 1 heterocycles. The second kappa shape index (κ2) is 10.2. The molecular weight excluding hydrogens is 440 g/mol. The number of hydrogen-bond acceptors (Lipinski definition) is 4. The maximum atomic E-state index is 13.7. The molecule has 3 rings (SSSR count). The SMILES string of the molecule is CNC(=O)C(NC(=O)c1cccc(S(=O)(=O)N2CCCCCC2)c1)c1ccc(F)c(F)c1. The van der Waals surface area contributed by atoms with Gasteiger partial charge in [0.15, 0.2) is 11.6 Å². The molecule has 1 atom stereocenters. The number of nitrogens with zero attached hydrogens (tertiary/aromatic N) is 1. The van der Waals surface area contributed by atoms with E-state index < -0.39 is 39.5 Å². The fourth-order valence-electron chi connectivity index (χ4n) is 3.58. The molecule has 2 N–H and O–H groups in total. The van der Waals surface area contributed by atoms with Crippen LogP contribution in [0.2, 0.25) is 0 Å². The van der Waals surface area contributed by atoms with Crippen LogP contribution in [0.1, 0.15) is 47.6 Å². The number of nitrogens with one attached hydrogen (secondary N) is 2. The highest BCUT2D eigenvalue weighted by atomic mass is 32.2. The molecule has 2 amide bonds. The Morgan fingerprint density at radius 3 is 2.28 bits per heavy atom. The highest BCUT2D eigenvalue weighted by molar-refractivity contribution is 7.89. The van der Waals surface area contributed by atoms with Crippen molar-refractivity contribution in [3.63, 3.8) is 0 Å². The smallest absolute Gasteiger partial charge is 0.252 e. The molecule has 2 aromatic rings. The molecule has 10 heteroatoms. The average Bonchev–Trinajstić information content (AvgIpc) is 3.09. The van der Waals surface area contributed by atoms with Crippen LogP contribution in [0.25, 0.3) is 0 Å². The second-order valence-electron chi connectivity index (χ2n) is 7.54. The molecule has 1 saturated heterocycles. The summed E-state index contributed by atoms with van der Waals surface area (Å²) in [7, 11) is -2.43. The summed E-state index contributed by atoms with van der Waals surface area (Å²) >= 11 is 0. The van der Waals surface area contributed by atoms with Gasteiger partial charge in [-0.25, -0.2) is 17.2 Å². The third kappa shape index (κ3) is 5.31. The van der Waals surface area contributed by atoms with E-state index in [1.807, 2.05) is 0 Å². The second-order valence-corrected chi connectivity index (χ2v) is 9.48. The number of carbonyl (C=O) groups is 2. The Bertz CT molecular complexity index is 1100. The molecule has 0 bridgehead atoms. The minimum absolute atomic E-state index is 0.0173. The Hall–Kier alpha value is -2.85. The van der Waals surface area contributed by atoms with Crippen LogP contribution in [0.15, 0.2) is 47.4 Å². The van der Waals surface area contributed by atoms with Gasteiger partial charge in [-0.05, 0) is 48.7 Å². The Balaban J connectivity index is 1.86. The lowest BCUT2D eigenvalue weighted by Gasteiger charge is -2.21. The summed E-state index contributed by atoms with van der Waals surface area (Å²) in [6.45, 7) is 0.848. The zero-order chi connectivity index (χ0) is 23.3. The Morgan fingerprint density at radius 1 is 0.969 bits per heavy atom. The molecule has 1 aliphatic rings. The van der Waals surface area contributed by atoms with Crippen molar-refractivity contribution in [1.29, 1.82) is 0 Å². The Kier molecular flexibility index (Phi) is 7.57. The summed E-state index contributed by atoms with van der Waals surface area (Å²) in [5, 5.41) is 4.83. The average molecular weight is 466 g/mol. The summed E-state index contributed by atoms with van der Waals surface area (Å²) in [5.41, 5.74) is 0.0716. The van der Waals surface area contributed by atoms with Crippen molar-refractivity contribution in [2.75, 3.05) is 20.1 Å². The third-order valence-electron chi connectivity index (χ3n) is 5.36. The molecule has 1 aliphatic heterocycles. The Labute approximate surface area is 185 Å². The van der Waals surface area contributed by atoms with Gasteiger partial charge < -0.3 is 10.6 Å². The maximum absolute atomic E-state index is 13.7. The maximum Gasteiger partial charge on any atom is 0.252 e. The molecule has 0 spiro atoms. The van der Waals surface area contributed by atoms with Crippen molar-refractivity contribution in [3.05, 3.63) is 65.2 Å². The van der Waals surface area contributed by atoms with Crippen molar-refractivity contribution in [3.8, 4) is 0 Å². The van der Waals surface area contributed by atoms with E-state index in [1.165, 1.54) is 41.7 Å². The van der Waals surface area contributed by atoms with E-state index in [-0.39, 0.29) is 16.0 Å². The lowest BCUT2D eigenvalue weighted by molar-refractivity contribution is -0.122. The summed E-state index contributed by atoms with van der Waals surface area (Å²) < 4.78 is 54.4. The molecule has 7 nitrogen and oxygen atoms in total. The number of likely N-dealkylation sites (N-methyl/N-ethyl adjacent to an activating group) is 1. The van der Waals surface area contributed by atoms with Crippen LogP contribution >= 0.6 is 0 Å². The monoisotopic (exact) mass is 465 g/mol. The number of sulfonamides is 1. The topological polar surface area (TPSA) is 95.6 Å². The minimum atomic E-state index is -3.77. The van der Waals surface area contributed by atoms with Crippen LogP contribution < -0.4 is 10.6 Å². The van der Waals surface area contributed by atoms with Gasteiger partial charge in [0.2, 0.25) is 15.9 Å². The van der Waals surface area contributed by atoms with Gasteiger partial charge in [0, 0.05) is 25.7 Å². The van der Waals surface area contributed by atoms with Gasteiger partial charge in [0.25, 0.3) is 5.91 Å². The largest absolute Gasteiger partial charge is 0.357 e. The number of carbonyl (C=O) groups excluding carboxylic acids is 2. The highest BCUT2D eigenvalue weighted by Gasteiger charge is 2.27. The molecule has 1 unspecified atom stereocenters. The molecule has 1 fully saturated rings. The van der Waals surface area contributed by atoms with Crippen LogP contribution in [-0.2, 0) is 14.8 Å². The van der Waals surface area contributed by atoms with E-state index in [0.29, 0.717) is 13.1 Å². The first-order chi connectivity index (χ1) is 15.2. The van der Waals surface area contributed by atoms with Gasteiger partial charge in [0.05, 0.1) is 4.90 Å². The van der Waals surface area contributed by atoms with Gasteiger partial charge >= 0.3 is 0 Å². The number of halogens is 2. The van der Waals surface area contributed by atoms with E-state index in [0.717, 1.165) is 37.8 Å². The first-order valence-electron chi connectivity index (χ1n) is 10.3. The summed E-state index contributed by atoms with van der Waals surface area (Å²) in [5.74, 6) is -3.60. The van der Waals surface area contributed by atoms with Crippen molar-refractivity contribution in [2.45, 2.75) is 36.6 Å². The third-order valence-corrected chi connectivity index (χ3v) is 7.25. The molecule has 0 aliphatic carbocycles. The van der Waals surface area contributed by atoms with E-state index in [2.05, 4.69) is 10.6 Å². The summed E-state index contributed by atoms with van der Waals surface area (Å²) in [4.78, 5) is 25.1. The molecule has 0 aromatic heterocycles. The van der Waals surface area contributed by atoms with Crippen molar-refractivity contribution >= 4 is 21.8 Å². The van der Waals surface area contributed by atoms with E-state index in [1.54, 1.807) is 0 Å². The van der Waals surface area contributed by atoms with E-state index >= 15 is 0 Å². The van der Waals surface area contributed by atoms with Crippen LogP contribution in [0, 0.1) is 11.6 Å². The van der Waals surface area contributed by atoms with Crippen LogP contribution in [0.5, 0.6) is 0 Å². The lowest BCUT2D eigenvalue weighted by atomic mass is 10.0. The predicted octanol–water partition coefficient (Wildman–Crippen LogP) is 2.75. The molecule has 32 heavy (non-hydrogen) atoms. The number of rotatable bonds is 6. The predicted molar refractivity (Wildman–Crippen MR) is 114 cm³/mol. The number of hydrogen-bond donors (Lipinski definition) is 2. The van der Waals surface area contributed by atoms with E-state index in [9.17, 15) is 26.8 Å². The fourth-order valence-corrected chi connectivity index (χ4v) is 5.14. The standard InChI is InChI=1S/C22H25F2N3O4S/c1-25-22(29)20(15-9-10-18(23)19(24)14-15)26-21(28)16-7-6-8-17(13-16)32(30,31)27-11-4-2-3-5-12-27/h6-10,13-14,20H,2-5,11-12H2,1H3,(H,25,29)(H,26,28). The molecular formula is C22H25F2N3O4S. The van der Waals surface area contributed by atoms with Crippen LogP contribution in [-0.4, -0.2) is 44.7 Å². The highest BCUT2D eigenvalue weighted by Crippen LogP contribution is 2.22. The lowest BCUT2D eigenvalue weighted by Crippen LogP contribution is -2.39. The molecule has 0 saturated carbocycles. The van der Waals surface area contributed by atoms with Gasteiger partial charge in [-0.15, -0.1) is 0 Å². The quantitative estimate of drug-likeness (QED) is 0.686.